The van der Waals surface area contributed by atoms with Crippen LogP contribution in [0.3, 0.4) is 0 Å². The van der Waals surface area contributed by atoms with Crippen molar-refractivity contribution in [2.75, 3.05) is 25.5 Å². The van der Waals surface area contributed by atoms with Gasteiger partial charge in [0, 0.05) is 36.4 Å². The highest BCUT2D eigenvalue weighted by Gasteiger charge is 2.45. The number of ether oxygens (including phenoxy) is 2. The number of halogens is 3. The number of nitrogens with one attached hydrogen (secondary N) is 2. The molecule has 1 aliphatic carbocycles. The van der Waals surface area contributed by atoms with Crippen LogP contribution in [0.5, 0.6) is 11.5 Å². The molecule has 3 atom stereocenters. The molecule has 2 fully saturated rings. The molecule has 0 radical (unpaired) electrons. The molecule has 0 unspecified atom stereocenters. The zero-order valence-electron chi connectivity index (χ0n) is 16.1. The maximum absolute atomic E-state index is 14.5. The van der Waals surface area contributed by atoms with Gasteiger partial charge in [0.15, 0.2) is 17.3 Å². The number of hydrogen-bond acceptors (Lipinski definition) is 6. The van der Waals surface area contributed by atoms with Crippen LogP contribution in [-0.2, 0) is 0 Å². The van der Waals surface area contributed by atoms with Crippen molar-refractivity contribution in [3.8, 4) is 11.5 Å². The number of anilines is 2. The van der Waals surface area contributed by atoms with E-state index >= 15 is 0 Å². The number of benzene rings is 2. The minimum Gasteiger partial charge on any atom is -0.493 e. The summed E-state index contributed by atoms with van der Waals surface area (Å²) >= 11 is 11.8. The van der Waals surface area contributed by atoms with E-state index in [1.807, 2.05) is 6.07 Å². The van der Waals surface area contributed by atoms with Crippen molar-refractivity contribution in [2.24, 2.45) is 11.8 Å². The Hall–Kier alpha value is -2.35. The molecule has 3 aromatic rings. The van der Waals surface area contributed by atoms with E-state index in [-0.39, 0.29) is 21.8 Å². The molecule has 9 heteroatoms. The van der Waals surface area contributed by atoms with Gasteiger partial charge in [0.1, 0.15) is 18.2 Å². The van der Waals surface area contributed by atoms with Crippen molar-refractivity contribution in [1.29, 1.82) is 0 Å². The number of methoxy groups -OCH3 is 1. The van der Waals surface area contributed by atoms with Crippen molar-refractivity contribution < 1.29 is 13.9 Å². The molecule has 0 amide bonds. The number of hydrogen-bond donors (Lipinski definition) is 2. The number of aromatic nitrogens is 2. The lowest BCUT2D eigenvalue weighted by molar-refractivity contribution is -0.0455. The molecule has 2 aromatic carbocycles. The lowest BCUT2D eigenvalue weighted by Crippen LogP contribution is -2.59. The maximum atomic E-state index is 14.5. The predicted octanol–water partition coefficient (Wildman–Crippen LogP) is 4.81. The van der Waals surface area contributed by atoms with E-state index in [9.17, 15) is 4.39 Å². The molecule has 156 valence electrons. The van der Waals surface area contributed by atoms with Crippen LogP contribution in [0.1, 0.15) is 6.42 Å². The summed E-state index contributed by atoms with van der Waals surface area (Å²) in [5.41, 5.74) is 0.815. The van der Waals surface area contributed by atoms with Crippen molar-refractivity contribution in [3.05, 3.63) is 46.5 Å². The highest BCUT2D eigenvalue weighted by molar-refractivity contribution is 6.42. The molecular weight excluding hydrogens is 430 g/mol. The lowest BCUT2D eigenvalue weighted by atomic mass is 9.69. The Morgan fingerprint density at radius 2 is 1.93 bits per heavy atom. The summed E-state index contributed by atoms with van der Waals surface area (Å²) in [7, 11) is 1.60. The van der Waals surface area contributed by atoms with Crippen molar-refractivity contribution in [3.63, 3.8) is 0 Å². The summed E-state index contributed by atoms with van der Waals surface area (Å²) in [5, 5.41) is 7.09. The van der Waals surface area contributed by atoms with Gasteiger partial charge >= 0.3 is 0 Å². The Morgan fingerprint density at radius 3 is 2.67 bits per heavy atom. The summed E-state index contributed by atoms with van der Waals surface area (Å²) in [5.74, 6) is 2.01. The normalized spacial score (nSPS) is 22.5. The summed E-state index contributed by atoms with van der Waals surface area (Å²) in [4.78, 5) is 8.61. The van der Waals surface area contributed by atoms with Crippen LogP contribution >= 0.6 is 23.2 Å². The molecule has 1 aromatic heterocycles. The van der Waals surface area contributed by atoms with Gasteiger partial charge in [-0.1, -0.05) is 23.2 Å². The van der Waals surface area contributed by atoms with E-state index < -0.39 is 5.82 Å². The highest BCUT2D eigenvalue weighted by Crippen LogP contribution is 2.43. The number of nitrogens with zero attached hydrogens (tertiary/aromatic N) is 2. The smallest absolute Gasteiger partial charge is 0.166 e. The Labute approximate surface area is 182 Å². The van der Waals surface area contributed by atoms with Gasteiger partial charge in [-0.25, -0.2) is 14.4 Å². The highest BCUT2D eigenvalue weighted by atomic mass is 35.5. The molecule has 30 heavy (non-hydrogen) atoms. The summed E-state index contributed by atoms with van der Waals surface area (Å²) < 4.78 is 26.4. The first kappa shape index (κ1) is 19.6. The summed E-state index contributed by atoms with van der Waals surface area (Å²) in [6.45, 7) is 1.92. The Morgan fingerprint density at radius 1 is 1.13 bits per heavy atom. The molecule has 2 heterocycles. The van der Waals surface area contributed by atoms with Crippen LogP contribution < -0.4 is 20.1 Å². The molecule has 1 saturated carbocycles. The average Bonchev–Trinajstić information content (AvgIpc) is 2.77. The third-order valence-corrected chi connectivity index (χ3v) is 6.60. The fraction of sp³-hybridized carbons (Fsp3) is 0.333. The standard InChI is InChI=1S/C21H19Cl2FN4O2/c1-29-16-6-15-12(5-17(16)30-20-10-4-11(20)8-25-7-10)21(27-9-26-15)28-14-3-2-13(22)18(23)19(14)24/h2-3,5-6,9-11,20,25H,4,7-8H2,1H3,(H,26,27,28)/t10-,11+,20+. The van der Waals surface area contributed by atoms with Gasteiger partial charge in [0.05, 0.1) is 28.4 Å². The first-order valence-electron chi connectivity index (χ1n) is 9.65. The quantitative estimate of drug-likeness (QED) is 0.545. The van der Waals surface area contributed by atoms with Crippen molar-refractivity contribution >= 4 is 45.6 Å². The largest absolute Gasteiger partial charge is 0.493 e. The first-order valence-corrected chi connectivity index (χ1v) is 10.4. The minimum absolute atomic E-state index is 0.143. The zero-order valence-corrected chi connectivity index (χ0v) is 17.6. The molecule has 2 bridgehead atoms. The Kier molecular flexibility index (Phi) is 5.05. The zero-order chi connectivity index (χ0) is 20.8. The first-order chi connectivity index (χ1) is 14.5. The van der Waals surface area contributed by atoms with Crippen LogP contribution in [0.25, 0.3) is 10.9 Å². The van der Waals surface area contributed by atoms with E-state index in [4.69, 9.17) is 32.7 Å². The second-order valence-corrected chi connectivity index (χ2v) is 8.37. The van der Waals surface area contributed by atoms with E-state index in [1.54, 1.807) is 13.2 Å². The van der Waals surface area contributed by atoms with Gasteiger partial charge < -0.3 is 20.1 Å². The van der Waals surface area contributed by atoms with Crippen LogP contribution in [0, 0.1) is 17.7 Å². The van der Waals surface area contributed by atoms with Gasteiger partial charge in [-0.3, -0.25) is 0 Å². The Balaban J connectivity index is 1.52. The van der Waals surface area contributed by atoms with Crippen LogP contribution in [0.15, 0.2) is 30.6 Å². The second-order valence-electron chi connectivity index (χ2n) is 7.59. The number of rotatable bonds is 5. The van der Waals surface area contributed by atoms with Crippen LogP contribution in [-0.4, -0.2) is 36.3 Å². The molecule has 2 N–H and O–H groups in total. The van der Waals surface area contributed by atoms with Gasteiger partial charge in [0.2, 0.25) is 0 Å². The molecule has 0 spiro atoms. The summed E-state index contributed by atoms with van der Waals surface area (Å²) in [6, 6.07) is 6.68. The van der Waals surface area contributed by atoms with Crippen LogP contribution in [0.4, 0.5) is 15.9 Å². The third kappa shape index (κ3) is 3.31. The predicted molar refractivity (Wildman–Crippen MR) is 115 cm³/mol. The second kappa shape index (κ2) is 7.72. The van der Waals surface area contributed by atoms with Crippen LogP contribution in [0.2, 0.25) is 10.0 Å². The molecule has 1 aliphatic heterocycles. The number of fused-ring (bicyclic) bond motifs is 3. The van der Waals surface area contributed by atoms with Gasteiger partial charge in [-0.2, -0.15) is 0 Å². The molecular formula is C21H19Cl2FN4O2. The number of piperidine rings is 2. The molecule has 6 nitrogen and oxygen atoms in total. The van der Waals surface area contributed by atoms with Gasteiger partial charge in [0.25, 0.3) is 0 Å². The Bertz CT molecular complexity index is 1120. The minimum atomic E-state index is -0.643. The van der Waals surface area contributed by atoms with Gasteiger partial charge in [-0.15, -0.1) is 0 Å². The monoisotopic (exact) mass is 448 g/mol. The van der Waals surface area contributed by atoms with E-state index in [1.165, 1.54) is 24.9 Å². The molecule has 2 aliphatic rings. The fourth-order valence-corrected chi connectivity index (χ4v) is 4.51. The van der Waals surface area contributed by atoms with Gasteiger partial charge in [-0.05, 0) is 24.6 Å². The fourth-order valence-electron chi connectivity index (χ4n) is 4.20. The van der Waals surface area contributed by atoms with E-state index in [2.05, 4.69) is 20.6 Å². The third-order valence-electron chi connectivity index (χ3n) is 5.82. The maximum Gasteiger partial charge on any atom is 0.166 e. The average molecular weight is 449 g/mol. The summed E-state index contributed by atoms with van der Waals surface area (Å²) in [6.07, 6.45) is 2.74. The molecule has 5 rings (SSSR count). The van der Waals surface area contributed by atoms with E-state index in [0.29, 0.717) is 40.1 Å². The lowest BCUT2D eigenvalue weighted by Gasteiger charge is -2.49. The molecule has 1 saturated heterocycles. The van der Waals surface area contributed by atoms with Crippen molar-refractivity contribution in [1.82, 2.24) is 15.3 Å². The topological polar surface area (TPSA) is 68.3 Å². The SMILES string of the molecule is COc1cc2ncnc(Nc3ccc(Cl)c(Cl)c3F)c2cc1O[C@@H]1[C@@H]2CNC[C@H]1C2. The van der Waals surface area contributed by atoms with Crippen molar-refractivity contribution in [2.45, 2.75) is 12.5 Å². The van der Waals surface area contributed by atoms with E-state index in [0.717, 1.165) is 13.1 Å².